The van der Waals surface area contributed by atoms with Gasteiger partial charge in [-0.15, -0.1) is 0 Å². The first-order valence-electron chi connectivity index (χ1n) is 13.5. The van der Waals surface area contributed by atoms with Gasteiger partial charge in [-0.2, -0.15) is 0 Å². The van der Waals surface area contributed by atoms with Crippen molar-refractivity contribution < 1.29 is 22.7 Å². The number of nitrogens with zero attached hydrogens (tertiary/aromatic N) is 1. The Balaban J connectivity index is 1.51. The van der Waals surface area contributed by atoms with Crippen LogP contribution in [0, 0.1) is 12.8 Å². The first kappa shape index (κ1) is 28.1. The maximum atomic E-state index is 13.7. The van der Waals surface area contributed by atoms with Crippen molar-refractivity contribution in [2.24, 2.45) is 5.92 Å². The number of hydrogen-bond donors (Lipinski definition) is 2. The Morgan fingerprint density at radius 2 is 1.79 bits per heavy atom. The fourth-order valence-corrected chi connectivity index (χ4v) is 7.51. The SMILES string of the molecule is Cc1ccc(S(=O)(=O)C[C@@H]2CCCC[C@]2(NC(C)C)N2CC[C@H](NC(=O)OCc3ccccc3)C2=O)cc1. The van der Waals surface area contributed by atoms with Gasteiger partial charge in [0.05, 0.1) is 16.3 Å². The summed E-state index contributed by atoms with van der Waals surface area (Å²) < 4.78 is 32.3. The molecular formula is C29H39N3O5S. The van der Waals surface area contributed by atoms with Gasteiger partial charge in [0.2, 0.25) is 5.91 Å². The van der Waals surface area contributed by atoms with E-state index in [1.807, 2.05) is 63.2 Å². The van der Waals surface area contributed by atoms with E-state index in [2.05, 4.69) is 10.6 Å². The number of hydrogen-bond acceptors (Lipinski definition) is 6. The molecule has 1 saturated heterocycles. The smallest absolute Gasteiger partial charge is 0.408 e. The first-order chi connectivity index (χ1) is 18.1. The number of rotatable bonds is 9. The summed E-state index contributed by atoms with van der Waals surface area (Å²) in [4.78, 5) is 28.3. The Bertz CT molecular complexity index is 1220. The molecule has 1 aliphatic heterocycles. The van der Waals surface area contributed by atoms with Crippen LogP contribution in [0.4, 0.5) is 4.79 Å². The standard InChI is InChI=1S/C29H39N3O5S/c1-21(2)31-29(17-8-7-11-24(29)20-38(35,36)25-14-12-22(3)13-15-25)32-18-16-26(27(32)33)30-28(34)37-19-23-9-5-4-6-10-23/h4-6,9-10,12-15,21,24,26,31H,7-8,11,16-20H2,1-3H3,(H,30,34)/t24-,26-,29-/m0/s1. The molecule has 206 valence electrons. The zero-order chi connectivity index (χ0) is 27.3. The van der Waals surface area contributed by atoms with E-state index in [1.54, 1.807) is 17.0 Å². The van der Waals surface area contributed by atoms with Gasteiger partial charge in [-0.1, -0.05) is 54.4 Å². The quantitative estimate of drug-likeness (QED) is 0.494. The highest BCUT2D eigenvalue weighted by Gasteiger charge is 2.52. The molecule has 3 atom stereocenters. The summed E-state index contributed by atoms with van der Waals surface area (Å²) in [6, 6.07) is 15.6. The highest BCUT2D eigenvalue weighted by Crippen LogP contribution is 2.41. The molecule has 0 bridgehead atoms. The van der Waals surface area contributed by atoms with Crippen LogP contribution >= 0.6 is 0 Å². The Hall–Kier alpha value is -2.91. The van der Waals surface area contributed by atoms with Crippen molar-refractivity contribution in [3.63, 3.8) is 0 Å². The van der Waals surface area contributed by atoms with Crippen molar-refractivity contribution in [1.29, 1.82) is 0 Å². The maximum absolute atomic E-state index is 13.7. The third kappa shape index (κ3) is 6.38. The minimum atomic E-state index is -3.56. The number of benzene rings is 2. The molecule has 2 aromatic rings. The molecule has 9 heteroatoms. The van der Waals surface area contributed by atoms with Gasteiger partial charge in [0, 0.05) is 18.5 Å². The second-order valence-corrected chi connectivity index (χ2v) is 12.8. The number of ether oxygens (including phenoxy) is 1. The van der Waals surface area contributed by atoms with Gasteiger partial charge in [0.1, 0.15) is 12.6 Å². The van der Waals surface area contributed by atoms with Crippen molar-refractivity contribution in [2.45, 2.75) is 82.1 Å². The number of carbonyl (C=O) groups is 2. The van der Waals surface area contributed by atoms with Crippen molar-refractivity contribution in [3.8, 4) is 0 Å². The topological polar surface area (TPSA) is 105 Å². The Morgan fingerprint density at radius 1 is 1.08 bits per heavy atom. The summed E-state index contributed by atoms with van der Waals surface area (Å²) in [7, 11) is -3.56. The van der Waals surface area contributed by atoms with E-state index < -0.39 is 27.6 Å². The molecule has 1 aliphatic carbocycles. The van der Waals surface area contributed by atoms with Crippen LogP contribution in [0.15, 0.2) is 59.5 Å². The Labute approximate surface area is 226 Å². The Morgan fingerprint density at radius 3 is 2.47 bits per heavy atom. The number of carbonyl (C=O) groups excluding carboxylic acids is 2. The van der Waals surface area contributed by atoms with Crippen LogP contribution in [0.1, 0.15) is 57.1 Å². The van der Waals surface area contributed by atoms with Gasteiger partial charge in [-0.3, -0.25) is 10.1 Å². The molecule has 2 N–H and O–H groups in total. The van der Waals surface area contributed by atoms with Gasteiger partial charge < -0.3 is 15.0 Å². The molecule has 4 rings (SSSR count). The molecule has 2 aromatic carbocycles. The summed E-state index contributed by atoms with van der Waals surface area (Å²) >= 11 is 0. The predicted molar refractivity (Wildman–Crippen MR) is 146 cm³/mol. The number of likely N-dealkylation sites (tertiary alicyclic amines) is 1. The van der Waals surface area contributed by atoms with Crippen molar-refractivity contribution >= 4 is 21.8 Å². The molecule has 2 aliphatic rings. The van der Waals surface area contributed by atoms with E-state index in [4.69, 9.17) is 4.74 Å². The monoisotopic (exact) mass is 541 g/mol. The second-order valence-electron chi connectivity index (χ2n) is 10.8. The maximum Gasteiger partial charge on any atom is 0.408 e. The summed E-state index contributed by atoms with van der Waals surface area (Å²) in [5.41, 5.74) is 1.06. The average molecular weight is 542 g/mol. The molecule has 2 fully saturated rings. The van der Waals surface area contributed by atoms with Gasteiger partial charge in [-0.25, -0.2) is 13.2 Å². The highest BCUT2D eigenvalue weighted by molar-refractivity contribution is 7.91. The van der Waals surface area contributed by atoms with Crippen LogP contribution in [0.25, 0.3) is 0 Å². The fourth-order valence-electron chi connectivity index (χ4n) is 5.80. The number of alkyl carbamates (subject to hydrolysis) is 1. The summed E-state index contributed by atoms with van der Waals surface area (Å²) in [6.07, 6.45) is 2.97. The number of sulfone groups is 1. The lowest BCUT2D eigenvalue weighted by Gasteiger charge is -2.51. The molecule has 38 heavy (non-hydrogen) atoms. The molecule has 0 spiro atoms. The third-order valence-corrected chi connectivity index (χ3v) is 9.40. The minimum Gasteiger partial charge on any atom is -0.445 e. The lowest BCUT2D eigenvalue weighted by molar-refractivity contribution is -0.141. The van der Waals surface area contributed by atoms with E-state index in [9.17, 15) is 18.0 Å². The van der Waals surface area contributed by atoms with Crippen LogP contribution in [0.2, 0.25) is 0 Å². The lowest BCUT2D eigenvalue weighted by atomic mass is 9.78. The number of nitrogens with one attached hydrogen (secondary N) is 2. The summed E-state index contributed by atoms with van der Waals surface area (Å²) in [6.45, 7) is 6.51. The van der Waals surface area contributed by atoms with E-state index >= 15 is 0 Å². The molecule has 1 saturated carbocycles. The second kappa shape index (κ2) is 11.9. The third-order valence-electron chi connectivity index (χ3n) is 7.57. The van der Waals surface area contributed by atoms with Crippen LogP contribution < -0.4 is 10.6 Å². The lowest BCUT2D eigenvalue weighted by Crippen LogP contribution is -2.68. The van der Waals surface area contributed by atoms with Crippen molar-refractivity contribution in [1.82, 2.24) is 15.5 Å². The molecule has 0 unspecified atom stereocenters. The molecule has 0 aromatic heterocycles. The molecule has 2 amide bonds. The van der Waals surface area contributed by atoms with Gasteiger partial charge in [-0.05, 0) is 64.2 Å². The minimum absolute atomic E-state index is 0.0355. The fraction of sp³-hybridized carbons (Fsp3) is 0.517. The van der Waals surface area contributed by atoms with E-state index in [1.165, 1.54) is 0 Å². The van der Waals surface area contributed by atoms with Gasteiger partial charge in [0.15, 0.2) is 9.84 Å². The van der Waals surface area contributed by atoms with E-state index in [0.717, 1.165) is 24.0 Å². The average Bonchev–Trinajstić information content (AvgIpc) is 3.24. The zero-order valence-electron chi connectivity index (χ0n) is 22.5. The molecule has 1 heterocycles. The van der Waals surface area contributed by atoms with Crippen LogP contribution in [0.5, 0.6) is 0 Å². The van der Waals surface area contributed by atoms with Gasteiger partial charge in [0.25, 0.3) is 0 Å². The highest BCUT2D eigenvalue weighted by atomic mass is 32.2. The predicted octanol–water partition coefficient (Wildman–Crippen LogP) is 4.18. The Kier molecular flexibility index (Phi) is 8.78. The first-order valence-corrected chi connectivity index (χ1v) is 15.1. The van der Waals surface area contributed by atoms with E-state index in [0.29, 0.717) is 30.7 Å². The summed E-state index contributed by atoms with van der Waals surface area (Å²) in [5.74, 6) is -0.524. The van der Waals surface area contributed by atoms with Crippen LogP contribution in [0.3, 0.4) is 0 Å². The van der Waals surface area contributed by atoms with Crippen molar-refractivity contribution in [3.05, 3.63) is 65.7 Å². The van der Waals surface area contributed by atoms with E-state index in [-0.39, 0.29) is 30.2 Å². The normalized spacial score (nSPS) is 24.0. The van der Waals surface area contributed by atoms with Crippen molar-refractivity contribution in [2.75, 3.05) is 12.3 Å². The van der Waals surface area contributed by atoms with Crippen LogP contribution in [-0.2, 0) is 26.0 Å². The molecular weight excluding hydrogens is 502 g/mol. The molecule has 8 nitrogen and oxygen atoms in total. The molecule has 0 radical (unpaired) electrons. The van der Waals surface area contributed by atoms with Crippen LogP contribution in [-0.4, -0.2) is 55.4 Å². The van der Waals surface area contributed by atoms with Gasteiger partial charge >= 0.3 is 6.09 Å². The zero-order valence-corrected chi connectivity index (χ0v) is 23.3. The number of amides is 2. The largest absolute Gasteiger partial charge is 0.445 e. The number of aryl methyl sites for hydroxylation is 1. The summed E-state index contributed by atoms with van der Waals surface area (Å²) in [5, 5.41) is 6.35.